The number of sulfonamides is 1. The van der Waals surface area contributed by atoms with E-state index in [0.717, 1.165) is 0 Å². The first-order chi connectivity index (χ1) is 12.8. The first-order valence-electron chi connectivity index (χ1n) is 9.41. The van der Waals surface area contributed by atoms with Crippen LogP contribution in [-0.4, -0.2) is 62.3 Å². The highest BCUT2D eigenvalue weighted by atomic mass is 32.2. The molecule has 1 aromatic rings. The van der Waals surface area contributed by atoms with Gasteiger partial charge in [-0.15, -0.1) is 0 Å². The molecule has 1 fully saturated rings. The predicted octanol–water partition coefficient (Wildman–Crippen LogP) is 2.13. The summed E-state index contributed by atoms with van der Waals surface area (Å²) >= 11 is 0. The van der Waals surface area contributed by atoms with Gasteiger partial charge in [0.25, 0.3) is 5.91 Å². The summed E-state index contributed by atoms with van der Waals surface area (Å²) in [5.41, 5.74) is 0.471. The maximum atomic E-state index is 12.8. The molecule has 1 aliphatic heterocycles. The minimum absolute atomic E-state index is 0.112. The van der Waals surface area contributed by atoms with Crippen molar-refractivity contribution in [3.05, 3.63) is 29.8 Å². The third-order valence-electron chi connectivity index (χ3n) is 4.86. The van der Waals surface area contributed by atoms with Crippen molar-refractivity contribution in [2.24, 2.45) is 5.92 Å². The molecule has 0 spiro atoms. The fraction of sp³-hybridized carbons (Fsp3) is 0.579. The molecule has 0 bridgehead atoms. The van der Waals surface area contributed by atoms with E-state index in [1.807, 2.05) is 13.8 Å². The smallest absolute Gasteiger partial charge is 0.309 e. The summed E-state index contributed by atoms with van der Waals surface area (Å²) in [6.45, 7) is 7.66. The molecule has 0 saturated carbocycles. The lowest BCUT2D eigenvalue weighted by Gasteiger charge is -2.30. The van der Waals surface area contributed by atoms with E-state index in [-0.39, 0.29) is 35.8 Å². The molecule has 0 radical (unpaired) electrons. The molecule has 1 aromatic carbocycles. The summed E-state index contributed by atoms with van der Waals surface area (Å²) in [6, 6.07) is 6.06. The van der Waals surface area contributed by atoms with Crippen LogP contribution in [0.25, 0.3) is 0 Å². The maximum absolute atomic E-state index is 12.8. The number of esters is 1. The van der Waals surface area contributed by atoms with Gasteiger partial charge in [0, 0.05) is 31.7 Å². The van der Waals surface area contributed by atoms with Crippen LogP contribution in [0.15, 0.2) is 29.2 Å². The predicted molar refractivity (Wildman–Crippen MR) is 102 cm³/mol. The lowest BCUT2D eigenvalue weighted by atomic mass is 9.98. The standard InChI is InChI=1S/C19H28N2O5S/c1-4-20(5-2)18(22)15-7-9-17(10-8-15)27(24,25)21-13-11-16(12-14-21)19(23)26-6-3/h7-10,16H,4-6,11-14H2,1-3H3. The molecule has 27 heavy (non-hydrogen) atoms. The number of piperidine rings is 1. The van der Waals surface area contributed by atoms with E-state index in [1.165, 1.54) is 16.4 Å². The van der Waals surface area contributed by atoms with Gasteiger partial charge in [0.2, 0.25) is 10.0 Å². The van der Waals surface area contributed by atoms with Gasteiger partial charge in [0.05, 0.1) is 17.4 Å². The number of amides is 1. The van der Waals surface area contributed by atoms with Gasteiger partial charge < -0.3 is 9.64 Å². The number of benzene rings is 1. The molecule has 1 aliphatic rings. The highest BCUT2D eigenvalue weighted by Gasteiger charge is 2.32. The van der Waals surface area contributed by atoms with Gasteiger partial charge in [-0.3, -0.25) is 9.59 Å². The van der Waals surface area contributed by atoms with E-state index in [9.17, 15) is 18.0 Å². The lowest BCUT2D eigenvalue weighted by molar-refractivity contribution is -0.149. The molecule has 8 heteroatoms. The number of carbonyl (C=O) groups excluding carboxylic acids is 2. The summed E-state index contributed by atoms with van der Waals surface area (Å²) in [4.78, 5) is 26.0. The van der Waals surface area contributed by atoms with Crippen LogP contribution in [0.2, 0.25) is 0 Å². The van der Waals surface area contributed by atoms with E-state index in [0.29, 0.717) is 38.1 Å². The third-order valence-corrected chi connectivity index (χ3v) is 6.78. The molecule has 0 atom stereocenters. The Morgan fingerprint density at radius 3 is 2.11 bits per heavy atom. The summed E-state index contributed by atoms with van der Waals surface area (Å²) in [5, 5.41) is 0. The van der Waals surface area contributed by atoms with Gasteiger partial charge in [0.1, 0.15) is 0 Å². The molecule has 1 heterocycles. The Kier molecular flexibility index (Phi) is 7.38. The van der Waals surface area contributed by atoms with Crippen LogP contribution in [0.3, 0.4) is 0 Å². The van der Waals surface area contributed by atoms with Crippen LogP contribution < -0.4 is 0 Å². The minimum Gasteiger partial charge on any atom is -0.466 e. The van der Waals surface area contributed by atoms with Crippen molar-refractivity contribution in [1.29, 1.82) is 0 Å². The zero-order valence-corrected chi connectivity index (χ0v) is 17.0. The normalized spacial score (nSPS) is 16.1. The maximum Gasteiger partial charge on any atom is 0.309 e. The number of hydrogen-bond donors (Lipinski definition) is 0. The van der Waals surface area contributed by atoms with Crippen molar-refractivity contribution in [3.8, 4) is 0 Å². The number of nitrogens with zero attached hydrogens (tertiary/aromatic N) is 2. The van der Waals surface area contributed by atoms with Gasteiger partial charge in [-0.05, 0) is 57.9 Å². The fourth-order valence-electron chi connectivity index (χ4n) is 3.20. The van der Waals surface area contributed by atoms with Crippen LogP contribution in [0, 0.1) is 5.92 Å². The topological polar surface area (TPSA) is 84.0 Å². The van der Waals surface area contributed by atoms with E-state index in [4.69, 9.17) is 4.74 Å². The molecule has 1 amide bonds. The van der Waals surface area contributed by atoms with Crippen molar-refractivity contribution < 1.29 is 22.7 Å². The van der Waals surface area contributed by atoms with Crippen molar-refractivity contribution in [1.82, 2.24) is 9.21 Å². The number of ether oxygens (including phenoxy) is 1. The second-order valence-corrected chi connectivity index (χ2v) is 8.37. The Bertz CT molecular complexity index is 749. The Morgan fingerprint density at radius 2 is 1.63 bits per heavy atom. The zero-order valence-electron chi connectivity index (χ0n) is 16.2. The summed E-state index contributed by atoms with van der Waals surface area (Å²) in [7, 11) is -3.64. The second-order valence-electron chi connectivity index (χ2n) is 6.43. The largest absolute Gasteiger partial charge is 0.466 e. The van der Waals surface area contributed by atoms with Crippen LogP contribution in [-0.2, 0) is 19.6 Å². The van der Waals surface area contributed by atoms with E-state index >= 15 is 0 Å². The second kappa shape index (κ2) is 9.32. The highest BCUT2D eigenvalue weighted by molar-refractivity contribution is 7.89. The monoisotopic (exact) mass is 396 g/mol. The summed E-state index contributed by atoms with van der Waals surface area (Å²) < 4.78 is 32.1. The molecule has 0 aromatic heterocycles. The Morgan fingerprint density at radius 1 is 1.07 bits per heavy atom. The Balaban J connectivity index is 2.07. The van der Waals surface area contributed by atoms with E-state index in [1.54, 1.807) is 24.0 Å². The molecule has 0 unspecified atom stereocenters. The molecular formula is C19H28N2O5S. The summed E-state index contributed by atoms with van der Waals surface area (Å²) in [5.74, 6) is -0.613. The number of carbonyl (C=O) groups is 2. The van der Waals surface area contributed by atoms with Crippen LogP contribution >= 0.6 is 0 Å². The van der Waals surface area contributed by atoms with E-state index < -0.39 is 10.0 Å². The van der Waals surface area contributed by atoms with Gasteiger partial charge >= 0.3 is 5.97 Å². The quantitative estimate of drug-likeness (QED) is 0.659. The van der Waals surface area contributed by atoms with Crippen LogP contribution in [0.4, 0.5) is 0 Å². The minimum atomic E-state index is -3.64. The molecule has 150 valence electrons. The van der Waals surface area contributed by atoms with Crippen LogP contribution in [0.5, 0.6) is 0 Å². The average Bonchev–Trinajstić information content (AvgIpc) is 2.69. The van der Waals surface area contributed by atoms with Gasteiger partial charge in [-0.1, -0.05) is 0 Å². The van der Waals surface area contributed by atoms with Crippen molar-refractivity contribution in [2.75, 3.05) is 32.8 Å². The van der Waals surface area contributed by atoms with Crippen molar-refractivity contribution in [2.45, 2.75) is 38.5 Å². The van der Waals surface area contributed by atoms with Crippen molar-refractivity contribution in [3.63, 3.8) is 0 Å². The molecule has 2 rings (SSSR count). The molecular weight excluding hydrogens is 368 g/mol. The van der Waals surface area contributed by atoms with Crippen LogP contribution in [0.1, 0.15) is 44.0 Å². The highest BCUT2D eigenvalue weighted by Crippen LogP contribution is 2.25. The van der Waals surface area contributed by atoms with Gasteiger partial charge in [0.15, 0.2) is 0 Å². The fourth-order valence-corrected chi connectivity index (χ4v) is 4.67. The average molecular weight is 397 g/mol. The first kappa shape index (κ1) is 21.4. The molecule has 7 nitrogen and oxygen atoms in total. The Hall–Kier alpha value is -1.93. The number of rotatable bonds is 7. The first-order valence-corrected chi connectivity index (χ1v) is 10.8. The summed E-state index contributed by atoms with van der Waals surface area (Å²) in [6.07, 6.45) is 0.910. The molecule has 1 saturated heterocycles. The SMILES string of the molecule is CCOC(=O)C1CCN(S(=O)(=O)c2ccc(C(=O)N(CC)CC)cc2)CC1. The third kappa shape index (κ3) is 4.87. The van der Waals surface area contributed by atoms with Crippen molar-refractivity contribution >= 4 is 21.9 Å². The van der Waals surface area contributed by atoms with Gasteiger partial charge in [-0.25, -0.2) is 8.42 Å². The number of hydrogen-bond acceptors (Lipinski definition) is 5. The van der Waals surface area contributed by atoms with Gasteiger partial charge in [-0.2, -0.15) is 4.31 Å². The van der Waals surface area contributed by atoms with E-state index in [2.05, 4.69) is 0 Å². The molecule has 0 N–H and O–H groups in total. The molecule has 0 aliphatic carbocycles. The Labute approximate surface area is 161 Å². The lowest BCUT2D eigenvalue weighted by Crippen LogP contribution is -2.40. The zero-order chi connectivity index (χ0) is 20.0.